The molecule has 0 aromatic heterocycles. The zero-order chi connectivity index (χ0) is 20.8. The Balaban J connectivity index is 1.28. The molecule has 30 heavy (non-hydrogen) atoms. The van der Waals surface area contributed by atoms with Crippen LogP contribution >= 0.6 is 11.6 Å². The quantitative estimate of drug-likeness (QED) is 0.566. The number of halogens is 1. The van der Waals surface area contributed by atoms with Crippen molar-refractivity contribution in [2.75, 3.05) is 13.1 Å². The Labute approximate surface area is 182 Å². The lowest BCUT2D eigenvalue weighted by atomic mass is 10.1. The van der Waals surface area contributed by atoms with E-state index in [1.54, 1.807) is 0 Å². The standard InChI is InChI=1S/C25H25ClN2O2/c26-22-8-4-6-19(14-22)16-27-25(29)21-12-13-28(18-21)17-20-7-5-11-24(15-20)30-23-9-2-1-3-10-23/h1-11,14-15,21H,12-13,16-18H2,(H,27,29). The molecule has 1 N–H and O–H groups in total. The molecule has 0 aliphatic carbocycles. The molecule has 1 heterocycles. The summed E-state index contributed by atoms with van der Waals surface area (Å²) in [5.41, 5.74) is 2.20. The molecular weight excluding hydrogens is 396 g/mol. The maximum absolute atomic E-state index is 12.6. The highest BCUT2D eigenvalue weighted by Gasteiger charge is 2.28. The summed E-state index contributed by atoms with van der Waals surface area (Å²) in [5, 5.41) is 3.73. The fraction of sp³-hybridized carbons (Fsp3) is 0.240. The molecule has 1 unspecified atom stereocenters. The normalized spacial score (nSPS) is 16.4. The third kappa shape index (κ3) is 5.62. The smallest absolute Gasteiger partial charge is 0.224 e. The highest BCUT2D eigenvalue weighted by molar-refractivity contribution is 6.30. The minimum atomic E-state index is 0.0212. The Morgan fingerprint density at radius 3 is 2.57 bits per heavy atom. The van der Waals surface area contributed by atoms with Crippen LogP contribution in [0.1, 0.15) is 17.5 Å². The Morgan fingerprint density at radius 2 is 1.73 bits per heavy atom. The van der Waals surface area contributed by atoms with Gasteiger partial charge in [0, 0.05) is 24.7 Å². The van der Waals surface area contributed by atoms with Crippen LogP contribution in [0.15, 0.2) is 78.9 Å². The maximum Gasteiger partial charge on any atom is 0.224 e. The summed E-state index contributed by atoms with van der Waals surface area (Å²) in [4.78, 5) is 14.9. The molecule has 1 atom stereocenters. The number of nitrogens with one attached hydrogen (secondary N) is 1. The second kappa shape index (κ2) is 9.79. The Morgan fingerprint density at radius 1 is 0.967 bits per heavy atom. The first-order valence-electron chi connectivity index (χ1n) is 10.2. The average molecular weight is 421 g/mol. The third-order valence-corrected chi connectivity index (χ3v) is 5.52. The molecule has 1 fully saturated rings. The number of para-hydroxylation sites is 1. The van der Waals surface area contributed by atoms with Gasteiger partial charge in [-0.15, -0.1) is 0 Å². The van der Waals surface area contributed by atoms with E-state index in [0.29, 0.717) is 11.6 Å². The zero-order valence-electron chi connectivity index (χ0n) is 16.8. The van der Waals surface area contributed by atoms with Crippen LogP contribution in [0.5, 0.6) is 11.5 Å². The van der Waals surface area contributed by atoms with E-state index in [0.717, 1.165) is 43.1 Å². The molecule has 0 saturated carbocycles. The molecule has 0 spiro atoms. The molecule has 1 amide bonds. The van der Waals surface area contributed by atoms with Gasteiger partial charge in [-0.2, -0.15) is 0 Å². The lowest BCUT2D eigenvalue weighted by molar-refractivity contribution is -0.124. The van der Waals surface area contributed by atoms with E-state index >= 15 is 0 Å². The lowest BCUT2D eigenvalue weighted by Crippen LogP contribution is -2.32. The van der Waals surface area contributed by atoms with Crippen molar-refractivity contribution in [3.63, 3.8) is 0 Å². The van der Waals surface area contributed by atoms with E-state index in [4.69, 9.17) is 16.3 Å². The highest BCUT2D eigenvalue weighted by Crippen LogP contribution is 2.24. The summed E-state index contributed by atoms with van der Waals surface area (Å²) in [7, 11) is 0. The number of carbonyl (C=O) groups is 1. The van der Waals surface area contributed by atoms with Gasteiger partial charge in [0.05, 0.1) is 5.92 Å². The van der Waals surface area contributed by atoms with Crippen LogP contribution < -0.4 is 10.1 Å². The van der Waals surface area contributed by atoms with Crippen LogP contribution in [0, 0.1) is 5.92 Å². The van der Waals surface area contributed by atoms with Crippen molar-refractivity contribution in [3.8, 4) is 11.5 Å². The molecule has 1 aliphatic rings. The molecule has 154 valence electrons. The summed E-state index contributed by atoms with van der Waals surface area (Å²) < 4.78 is 5.93. The molecule has 3 aromatic rings. The van der Waals surface area contributed by atoms with Crippen molar-refractivity contribution in [1.82, 2.24) is 10.2 Å². The SMILES string of the molecule is O=C(NCc1cccc(Cl)c1)C1CCN(Cc2cccc(Oc3ccccc3)c2)C1. The number of hydrogen-bond acceptors (Lipinski definition) is 3. The molecule has 1 aliphatic heterocycles. The van der Waals surface area contributed by atoms with Crippen molar-refractivity contribution in [2.45, 2.75) is 19.5 Å². The van der Waals surface area contributed by atoms with E-state index in [2.05, 4.69) is 22.3 Å². The second-order valence-electron chi connectivity index (χ2n) is 7.63. The monoisotopic (exact) mass is 420 g/mol. The lowest BCUT2D eigenvalue weighted by Gasteiger charge is -2.17. The zero-order valence-corrected chi connectivity index (χ0v) is 17.5. The molecule has 1 saturated heterocycles. The van der Waals surface area contributed by atoms with Gasteiger partial charge in [-0.05, 0) is 60.5 Å². The van der Waals surface area contributed by atoms with E-state index < -0.39 is 0 Å². The summed E-state index contributed by atoms with van der Waals surface area (Å²) in [6.07, 6.45) is 0.877. The molecular formula is C25H25ClN2O2. The molecule has 3 aromatic carbocycles. The van der Waals surface area contributed by atoms with Crippen molar-refractivity contribution in [2.24, 2.45) is 5.92 Å². The third-order valence-electron chi connectivity index (χ3n) is 5.28. The Kier molecular flexibility index (Phi) is 6.67. The predicted molar refractivity (Wildman–Crippen MR) is 120 cm³/mol. The van der Waals surface area contributed by atoms with Gasteiger partial charge in [-0.25, -0.2) is 0 Å². The predicted octanol–water partition coefficient (Wildman–Crippen LogP) is 5.27. The minimum Gasteiger partial charge on any atom is -0.457 e. The highest BCUT2D eigenvalue weighted by atomic mass is 35.5. The van der Waals surface area contributed by atoms with Crippen LogP contribution in [0.2, 0.25) is 5.02 Å². The number of rotatable bonds is 7. The van der Waals surface area contributed by atoms with Gasteiger partial charge in [0.25, 0.3) is 0 Å². The maximum atomic E-state index is 12.6. The largest absolute Gasteiger partial charge is 0.457 e. The van der Waals surface area contributed by atoms with E-state index in [1.807, 2.05) is 66.7 Å². The van der Waals surface area contributed by atoms with Crippen LogP contribution in [0.4, 0.5) is 0 Å². The molecule has 4 rings (SSSR count). The van der Waals surface area contributed by atoms with Crippen molar-refractivity contribution >= 4 is 17.5 Å². The van der Waals surface area contributed by atoms with Crippen LogP contribution in [-0.4, -0.2) is 23.9 Å². The van der Waals surface area contributed by atoms with Gasteiger partial charge in [0.1, 0.15) is 11.5 Å². The number of benzene rings is 3. The van der Waals surface area contributed by atoms with Crippen LogP contribution in [-0.2, 0) is 17.9 Å². The first kappa shape index (κ1) is 20.5. The van der Waals surface area contributed by atoms with Crippen molar-refractivity contribution in [3.05, 3.63) is 95.0 Å². The molecule has 4 nitrogen and oxygen atoms in total. The molecule has 0 radical (unpaired) electrons. The number of likely N-dealkylation sites (tertiary alicyclic amines) is 1. The van der Waals surface area contributed by atoms with Crippen molar-refractivity contribution in [1.29, 1.82) is 0 Å². The van der Waals surface area contributed by atoms with Crippen LogP contribution in [0.25, 0.3) is 0 Å². The summed E-state index contributed by atoms with van der Waals surface area (Å²) in [5.74, 6) is 1.78. The fourth-order valence-corrected chi connectivity index (χ4v) is 3.97. The first-order chi connectivity index (χ1) is 14.7. The van der Waals surface area contributed by atoms with Crippen LogP contribution in [0.3, 0.4) is 0 Å². The first-order valence-corrected chi connectivity index (χ1v) is 10.6. The number of ether oxygens (including phenoxy) is 1. The van der Waals surface area contributed by atoms with Gasteiger partial charge in [-0.1, -0.05) is 54.1 Å². The van der Waals surface area contributed by atoms with E-state index in [1.165, 1.54) is 5.56 Å². The fourth-order valence-electron chi connectivity index (χ4n) is 3.76. The van der Waals surface area contributed by atoms with E-state index in [9.17, 15) is 4.79 Å². The summed E-state index contributed by atoms with van der Waals surface area (Å²) in [6.45, 7) is 3.00. The van der Waals surface area contributed by atoms with Crippen molar-refractivity contribution < 1.29 is 9.53 Å². The van der Waals surface area contributed by atoms with E-state index in [-0.39, 0.29) is 11.8 Å². The van der Waals surface area contributed by atoms with Gasteiger partial charge >= 0.3 is 0 Å². The van der Waals surface area contributed by atoms with Gasteiger partial charge in [-0.3, -0.25) is 9.69 Å². The number of hydrogen-bond donors (Lipinski definition) is 1. The summed E-state index contributed by atoms with van der Waals surface area (Å²) in [6, 6.07) is 25.5. The topological polar surface area (TPSA) is 41.6 Å². The Hall–Kier alpha value is -2.82. The number of nitrogens with zero attached hydrogens (tertiary/aromatic N) is 1. The second-order valence-corrected chi connectivity index (χ2v) is 8.07. The van der Waals surface area contributed by atoms with Gasteiger partial charge in [0.2, 0.25) is 5.91 Å². The minimum absolute atomic E-state index is 0.0212. The number of amides is 1. The molecule has 0 bridgehead atoms. The molecule has 5 heteroatoms. The van der Waals surface area contributed by atoms with Gasteiger partial charge < -0.3 is 10.1 Å². The number of carbonyl (C=O) groups excluding carboxylic acids is 1. The average Bonchev–Trinajstić information content (AvgIpc) is 3.22. The Bertz CT molecular complexity index is 993. The van der Waals surface area contributed by atoms with Gasteiger partial charge in [0.15, 0.2) is 0 Å². The summed E-state index contributed by atoms with van der Waals surface area (Å²) >= 11 is 6.01.